The Balaban J connectivity index is 1.82. The molecule has 1 aromatic rings. The lowest BCUT2D eigenvalue weighted by molar-refractivity contribution is -0.131. The van der Waals surface area contributed by atoms with E-state index < -0.39 is 0 Å². The zero-order chi connectivity index (χ0) is 15.5. The SMILES string of the molecule is CC(C)(N)CCC(=O)N1CCN(c2ccc(F)cc2)CC1. The minimum Gasteiger partial charge on any atom is -0.368 e. The van der Waals surface area contributed by atoms with Crippen LogP contribution in [-0.2, 0) is 4.79 Å². The smallest absolute Gasteiger partial charge is 0.222 e. The van der Waals surface area contributed by atoms with Gasteiger partial charge in [-0.1, -0.05) is 0 Å². The van der Waals surface area contributed by atoms with Gasteiger partial charge in [-0.2, -0.15) is 0 Å². The number of hydrogen-bond acceptors (Lipinski definition) is 3. The van der Waals surface area contributed by atoms with Gasteiger partial charge in [0.25, 0.3) is 0 Å². The van der Waals surface area contributed by atoms with Crippen LogP contribution in [0.5, 0.6) is 0 Å². The zero-order valence-electron chi connectivity index (χ0n) is 12.8. The first kappa shape index (κ1) is 15.8. The number of halogens is 1. The fourth-order valence-corrected chi connectivity index (χ4v) is 2.45. The third kappa shape index (κ3) is 4.70. The van der Waals surface area contributed by atoms with E-state index in [0.29, 0.717) is 25.9 Å². The van der Waals surface area contributed by atoms with E-state index in [-0.39, 0.29) is 17.3 Å². The van der Waals surface area contributed by atoms with Crippen LogP contribution in [0, 0.1) is 5.82 Å². The Kier molecular flexibility index (Phi) is 4.83. The van der Waals surface area contributed by atoms with Crippen LogP contribution in [0.4, 0.5) is 10.1 Å². The summed E-state index contributed by atoms with van der Waals surface area (Å²) in [6.07, 6.45) is 1.20. The molecule has 0 unspecified atom stereocenters. The molecule has 0 saturated carbocycles. The van der Waals surface area contributed by atoms with Gasteiger partial charge in [-0.3, -0.25) is 4.79 Å². The molecule has 4 nitrogen and oxygen atoms in total. The quantitative estimate of drug-likeness (QED) is 0.923. The van der Waals surface area contributed by atoms with Crippen LogP contribution in [0.1, 0.15) is 26.7 Å². The summed E-state index contributed by atoms with van der Waals surface area (Å²) < 4.78 is 12.9. The van der Waals surface area contributed by atoms with E-state index >= 15 is 0 Å². The molecule has 1 aliphatic heterocycles. The molecule has 116 valence electrons. The number of hydrogen-bond donors (Lipinski definition) is 1. The third-order valence-electron chi connectivity index (χ3n) is 3.81. The normalized spacial score (nSPS) is 16.2. The van der Waals surface area contributed by atoms with Gasteiger partial charge in [0.1, 0.15) is 5.82 Å². The van der Waals surface area contributed by atoms with Gasteiger partial charge >= 0.3 is 0 Å². The highest BCUT2D eigenvalue weighted by Gasteiger charge is 2.22. The van der Waals surface area contributed by atoms with Crippen molar-refractivity contribution in [3.8, 4) is 0 Å². The Labute approximate surface area is 125 Å². The Bertz CT molecular complexity index is 473. The number of rotatable bonds is 4. The van der Waals surface area contributed by atoms with Gasteiger partial charge in [0.2, 0.25) is 5.91 Å². The fraction of sp³-hybridized carbons (Fsp3) is 0.562. The molecule has 1 amide bonds. The summed E-state index contributed by atoms with van der Waals surface area (Å²) >= 11 is 0. The van der Waals surface area contributed by atoms with Gasteiger partial charge in [-0.25, -0.2) is 4.39 Å². The first-order chi connectivity index (χ1) is 9.85. The Morgan fingerprint density at radius 1 is 1.19 bits per heavy atom. The molecule has 0 radical (unpaired) electrons. The molecule has 21 heavy (non-hydrogen) atoms. The van der Waals surface area contributed by atoms with Gasteiger partial charge < -0.3 is 15.5 Å². The number of nitrogens with two attached hydrogens (primary N) is 1. The molecule has 1 aliphatic rings. The molecular weight excluding hydrogens is 269 g/mol. The van der Waals surface area contributed by atoms with Crippen molar-refractivity contribution in [3.63, 3.8) is 0 Å². The Morgan fingerprint density at radius 3 is 2.29 bits per heavy atom. The van der Waals surface area contributed by atoms with Crippen molar-refractivity contribution in [2.24, 2.45) is 5.73 Å². The fourth-order valence-electron chi connectivity index (χ4n) is 2.45. The van der Waals surface area contributed by atoms with Crippen LogP contribution in [-0.4, -0.2) is 42.5 Å². The largest absolute Gasteiger partial charge is 0.368 e. The number of nitrogens with zero attached hydrogens (tertiary/aromatic N) is 2. The standard InChI is InChI=1S/C16H24FN3O/c1-16(2,18)8-7-15(21)20-11-9-19(10-12-20)14-5-3-13(17)4-6-14/h3-6H,7-12,18H2,1-2H3. The van der Waals surface area contributed by atoms with Crippen molar-refractivity contribution < 1.29 is 9.18 Å². The molecule has 0 atom stereocenters. The van der Waals surface area contributed by atoms with E-state index in [1.165, 1.54) is 12.1 Å². The molecule has 0 bridgehead atoms. The first-order valence-corrected chi connectivity index (χ1v) is 7.42. The third-order valence-corrected chi connectivity index (χ3v) is 3.81. The van der Waals surface area contributed by atoms with Crippen LogP contribution < -0.4 is 10.6 Å². The predicted octanol–water partition coefficient (Wildman–Crippen LogP) is 1.99. The molecule has 1 fully saturated rings. The average Bonchev–Trinajstić information content (AvgIpc) is 2.45. The summed E-state index contributed by atoms with van der Waals surface area (Å²) in [5.41, 5.74) is 6.62. The first-order valence-electron chi connectivity index (χ1n) is 7.42. The van der Waals surface area contributed by atoms with E-state index in [2.05, 4.69) is 4.90 Å². The lowest BCUT2D eigenvalue weighted by Gasteiger charge is -2.36. The minimum atomic E-state index is -0.300. The summed E-state index contributed by atoms with van der Waals surface area (Å²) in [7, 11) is 0. The molecule has 2 N–H and O–H groups in total. The number of benzene rings is 1. The maximum atomic E-state index is 12.9. The molecule has 0 aromatic heterocycles. The molecular formula is C16H24FN3O. The second kappa shape index (κ2) is 6.43. The van der Waals surface area contributed by atoms with Crippen LogP contribution in [0.15, 0.2) is 24.3 Å². The van der Waals surface area contributed by atoms with Crippen molar-refractivity contribution in [3.05, 3.63) is 30.1 Å². The second-order valence-corrected chi connectivity index (χ2v) is 6.33. The molecule has 1 heterocycles. The summed E-state index contributed by atoms with van der Waals surface area (Å²) in [5.74, 6) is -0.0516. The van der Waals surface area contributed by atoms with Crippen molar-refractivity contribution >= 4 is 11.6 Å². The molecule has 5 heteroatoms. The van der Waals surface area contributed by atoms with E-state index in [1.807, 2.05) is 18.7 Å². The van der Waals surface area contributed by atoms with Crippen LogP contribution >= 0.6 is 0 Å². The maximum Gasteiger partial charge on any atom is 0.222 e. The van der Waals surface area contributed by atoms with E-state index in [9.17, 15) is 9.18 Å². The summed E-state index contributed by atoms with van der Waals surface area (Å²) in [4.78, 5) is 16.2. The van der Waals surface area contributed by atoms with E-state index in [0.717, 1.165) is 18.8 Å². The lowest BCUT2D eigenvalue weighted by atomic mass is 9.99. The molecule has 0 spiro atoms. The molecule has 2 rings (SSSR count). The van der Waals surface area contributed by atoms with Crippen LogP contribution in [0.3, 0.4) is 0 Å². The monoisotopic (exact) mass is 293 g/mol. The Hall–Kier alpha value is -1.62. The number of amides is 1. The Morgan fingerprint density at radius 2 is 1.76 bits per heavy atom. The van der Waals surface area contributed by atoms with Crippen molar-refractivity contribution in [1.29, 1.82) is 0 Å². The van der Waals surface area contributed by atoms with Gasteiger partial charge in [-0.15, -0.1) is 0 Å². The minimum absolute atomic E-state index is 0.173. The second-order valence-electron chi connectivity index (χ2n) is 6.33. The van der Waals surface area contributed by atoms with Gasteiger partial charge in [0.15, 0.2) is 0 Å². The van der Waals surface area contributed by atoms with Crippen LogP contribution in [0.2, 0.25) is 0 Å². The van der Waals surface area contributed by atoms with Crippen molar-refractivity contribution in [2.45, 2.75) is 32.2 Å². The maximum absolute atomic E-state index is 12.9. The highest BCUT2D eigenvalue weighted by Crippen LogP contribution is 2.18. The highest BCUT2D eigenvalue weighted by atomic mass is 19.1. The lowest BCUT2D eigenvalue weighted by Crippen LogP contribution is -2.49. The number of carbonyl (C=O) groups excluding carboxylic acids is 1. The highest BCUT2D eigenvalue weighted by molar-refractivity contribution is 5.76. The van der Waals surface area contributed by atoms with Gasteiger partial charge in [0.05, 0.1) is 0 Å². The van der Waals surface area contributed by atoms with Crippen molar-refractivity contribution in [2.75, 3.05) is 31.1 Å². The summed E-state index contributed by atoms with van der Waals surface area (Å²) in [6.45, 7) is 6.86. The summed E-state index contributed by atoms with van der Waals surface area (Å²) in [5, 5.41) is 0. The number of anilines is 1. The van der Waals surface area contributed by atoms with Gasteiger partial charge in [0, 0.05) is 43.8 Å². The van der Waals surface area contributed by atoms with E-state index in [1.54, 1.807) is 12.1 Å². The van der Waals surface area contributed by atoms with E-state index in [4.69, 9.17) is 5.73 Å². The van der Waals surface area contributed by atoms with Crippen LogP contribution in [0.25, 0.3) is 0 Å². The average molecular weight is 293 g/mol. The molecule has 1 saturated heterocycles. The predicted molar refractivity (Wildman–Crippen MR) is 82.7 cm³/mol. The topological polar surface area (TPSA) is 49.6 Å². The van der Waals surface area contributed by atoms with Gasteiger partial charge in [-0.05, 0) is 44.5 Å². The number of carbonyl (C=O) groups is 1. The molecule has 0 aliphatic carbocycles. The molecule has 1 aromatic carbocycles. The summed E-state index contributed by atoms with van der Waals surface area (Å²) in [6, 6.07) is 6.50. The zero-order valence-corrected chi connectivity index (χ0v) is 12.8. The number of piperazine rings is 1. The van der Waals surface area contributed by atoms with Crippen molar-refractivity contribution in [1.82, 2.24) is 4.90 Å².